The number of nitrogens with one attached hydrogen (secondary N) is 1. The fourth-order valence-electron chi connectivity index (χ4n) is 2.12. The van der Waals surface area contributed by atoms with Gasteiger partial charge in [-0.3, -0.25) is 9.19 Å². The van der Waals surface area contributed by atoms with Crippen molar-refractivity contribution in [2.75, 3.05) is 24.2 Å². The van der Waals surface area contributed by atoms with E-state index in [2.05, 4.69) is 10.3 Å². The summed E-state index contributed by atoms with van der Waals surface area (Å²) in [6, 6.07) is -0.197. The first-order valence-electron chi connectivity index (χ1n) is 6.86. The van der Waals surface area contributed by atoms with Crippen LogP contribution in [0.15, 0.2) is 12.4 Å². The van der Waals surface area contributed by atoms with Gasteiger partial charge in [-0.2, -0.15) is 0 Å². The monoisotopic (exact) mass is 329 g/mol. The molecule has 1 N–H and O–H groups in total. The van der Waals surface area contributed by atoms with Gasteiger partial charge in [-0.15, -0.1) is 0 Å². The molecule has 1 saturated heterocycles. The largest absolute Gasteiger partial charge is 0.324 e. The Balaban J connectivity index is 2.07. The molecule has 1 aromatic rings. The molecule has 1 aliphatic heterocycles. The van der Waals surface area contributed by atoms with E-state index in [0.717, 1.165) is 12.0 Å². The number of carbonyl (C=O) groups is 1. The lowest BCUT2D eigenvalue weighted by Crippen LogP contribution is -2.37. The van der Waals surface area contributed by atoms with Crippen LogP contribution in [0.25, 0.3) is 0 Å². The van der Waals surface area contributed by atoms with Crippen LogP contribution in [0, 0.1) is 6.92 Å². The number of amides is 2. The average molecular weight is 330 g/mol. The Morgan fingerprint density at radius 2 is 2.14 bits per heavy atom. The van der Waals surface area contributed by atoms with E-state index >= 15 is 0 Å². The van der Waals surface area contributed by atoms with E-state index in [0.29, 0.717) is 29.6 Å². The lowest BCUT2D eigenvalue weighted by Gasteiger charge is -2.23. The highest BCUT2D eigenvalue weighted by atomic mass is 35.5. The number of hydrogen-bond acceptors (Lipinski definition) is 3. The zero-order valence-electron chi connectivity index (χ0n) is 12.5. The van der Waals surface area contributed by atoms with Crippen LogP contribution in [0.5, 0.6) is 0 Å². The van der Waals surface area contributed by atoms with Gasteiger partial charge in [0.15, 0.2) is 0 Å². The lowest BCUT2D eigenvalue weighted by molar-refractivity contribution is 0.214. The minimum Gasteiger partial charge on any atom is -0.324 e. The summed E-state index contributed by atoms with van der Waals surface area (Å²) in [5.41, 5.74) is 1.40. The highest BCUT2D eigenvalue weighted by Crippen LogP contribution is 2.24. The Bertz CT molecular complexity index is 577. The zero-order chi connectivity index (χ0) is 15.6. The lowest BCUT2D eigenvalue weighted by atomic mass is 10.1. The quantitative estimate of drug-likeness (QED) is 0.861. The van der Waals surface area contributed by atoms with E-state index in [1.54, 1.807) is 17.3 Å². The second-order valence-corrected chi connectivity index (χ2v) is 8.38. The van der Waals surface area contributed by atoms with E-state index < -0.39 is 10.8 Å². The van der Waals surface area contributed by atoms with Crippen molar-refractivity contribution < 1.29 is 9.00 Å². The average Bonchev–Trinajstić information content (AvgIpc) is 2.55. The molecule has 1 aromatic heterocycles. The number of rotatable bonds is 1. The van der Waals surface area contributed by atoms with Crippen LogP contribution < -0.4 is 5.32 Å². The molecule has 0 radical (unpaired) electrons. The fourth-order valence-corrected chi connectivity index (χ4v) is 3.54. The van der Waals surface area contributed by atoms with Gasteiger partial charge in [0.1, 0.15) is 0 Å². The predicted molar refractivity (Wildman–Crippen MR) is 86.3 cm³/mol. The maximum Gasteiger partial charge on any atom is 0.321 e. The molecule has 2 amide bonds. The number of nitrogens with zero attached hydrogens (tertiary/aromatic N) is 2. The molecule has 0 aliphatic carbocycles. The Kier molecular flexibility index (Phi) is 4.88. The number of carbonyl (C=O) groups excluding carboxylic acids is 1. The molecule has 21 heavy (non-hydrogen) atoms. The van der Waals surface area contributed by atoms with Crippen molar-refractivity contribution in [2.24, 2.45) is 0 Å². The van der Waals surface area contributed by atoms with E-state index in [1.165, 1.54) is 0 Å². The molecular formula is C14H20ClN3O2S. The van der Waals surface area contributed by atoms with E-state index in [4.69, 9.17) is 11.6 Å². The summed E-state index contributed by atoms with van der Waals surface area (Å²) < 4.78 is 11.8. The highest BCUT2D eigenvalue weighted by molar-refractivity contribution is 7.86. The Hall–Kier alpha value is -1.14. The van der Waals surface area contributed by atoms with Crippen molar-refractivity contribution in [2.45, 2.75) is 31.9 Å². The molecule has 0 saturated carbocycles. The third kappa shape index (κ3) is 3.74. The van der Waals surface area contributed by atoms with Gasteiger partial charge in [0, 0.05) is 40.6 Å². The SMILES string of the molecule is Cc1c(Cl)cncc1NC(=O)N1CCS(=O)C(C)(C)CC1. The summed E-state index contributed by atoms with van der Waals surface area (Å²) in [5.74, 6) is 0.507. The van der Waals surface area contributed by atoms with Crippen LogP contribution >= 0.6 is 11.6 Å². The van der Waals surface area contributed by atoms with Crippen LogP contribution in [-0.4, -0.2) is 43.7 Å². The molecule has 116 valence electrons. The first-order chi connectivity index (χ1) is 9.81. The van der Waals surface area contributed by atoms with Gasteiger partial charge in [-0.1, -0.05) is 11.6 Å². The maximum absolute atomic E-state index is 12.3. The van der Waals surface area contributed by atoms with E-state index in [9.17, 15) is 9.00 Å². The maximum atomic E-state index is 12.3. The van der Waals surface area contributed by atoms with E-state index in [1.807, 2.05) is 20.8 Å². The summed E-state index contributed by atoms with van der Waals surface area (Å²) in [6.07, 6.45) is 3.85. The summed E-state index contributed by atoms with van der Waals surface area (Å²) in [4.78, 5) is 18.0. The first kappa shape index (κ1) is 16.2. The van der Waals surface area contributed by atoms with Crippen molar-refractivity contribution in [3.05, 3.63) is 23.0 Å². The Morgan fingerprint density at radius 1 is 1.43 bits per heavy atom. The molecule has 2 heterocycles. The molecule has 0 spiro atoms. The van der Waals surface area contributed by atoms with Gasteiger partial charge in [0.25, 0.3) is 0 Å². The van der Waals surface area contributed by atoms with Crippen LogP contribution in [-0.2, 0) is 10.8 Å². The molecule has 7 heteroatoms. The molecule has 1 fully saturated rings. The smallest absolute Gasteiger partial charge is 0.321 e. The number of hydrogen-bond donors (Lipinski definition) is 1. The molecule has 1 aliphatic rings. The van der Waals surface area contributed by atoms with Gasteiger partial charge < -0.3 is 10.2 Å². The van der Waals surface area contributed by atoms with Gasteiger partial charge in [0.2, 0.25) is 0 Å². The second kappa shape index (κ2) is 6.32. The summed E-state index contributed by atoms with van der Waals surface area (Å²) in [5, 5.41) is 3.35. The van der Waals surface area contributed by atoms with Crippen LogP contribution in [0.2, 0.25) is 5.02 Å². The summed E-state index contributed by atoms with van der Waals surface area (Å²) in [6.45, 7) is 6.89. The molecule has 0 aromatic carbocycles. The summed E-state index contributed by atoms with van der Waals surface area (Å²) >= 11 is 6.00. The first-order valence-corrected chi connectivity index (χ1v) is 8.55. The van der Waals surface area contributed by atoms with Crippen LogP contribution in [0.1, 0.15) is 25.8 Å². The molecule has 5 nitrogen and oxygen atoms in total. The van der Waals surface area contributed by atoms with Crippen molar-refractivity contribution in [3.63, 3.8) is 0 Å². The molecule has 1 unspecified atom stereocenters. The number of anilines is 1. The minimum absolute atomic E-state index is 0.197. The number of pyridine rings is 1. The van der Waals surface area contributed by atoms with Gasteiger partial charge in [-0.25, -0.2) is 4.79 Å². The van der Waals surface area contributed by atoms with Crippen LogP contribution in [0.3, 0.4) is 0 Å². The predicted octanol–water partition coefficient (Wildman–Crippen LogP) is 2.81. The normalized spacial score (nSPS) is 21.7. The van der Waals surface area contributed by atoms with Crippen molar-refractivity contribution in [3.8, 4) is 0 Å². The highest BCUT2D eigenvalue weighted by Gasteiger charge is 2.31. The molecule has 0 bridgehead atoms. The Morgan fingerprint density at radius 3 is 2.86 bits per heavy atom. The minimum atomic E-state index is -0.915. The Labute approximate surface area is 132 Å². The van der Waals surface area contributed by atoms with Crippen molar-refractivity contribution in [1.82, 2.24) is 9.88 Å². The molecular weight excluding hydrogens is 310 g/mol. The standard InChI is InChI=1S/C14H20ClN3O2S/c1-10-11(15)8-16-9-12(10)17-13(19)18-5-4-14(2,3)21(20)7-6-18/h8-9H,4-7H2,1-3H3,(H,17,19). The van der Waals surface area contributed by atoms with Crippen molar-refractivity contribution in [1.29, 1.82) is 0 Å². The second-order valence-electron chi connectivity index (χ2n) is 5.77. The van der Waals surface area contributed by atoms with Crippen molar-refractivity contribution >= 4 is 34.1 Å². The number of aromatic nitrogens is 1. The summed E-state index contributed by atoms with van der Waals surface area (Å²) in [7, 11) is -0.915. The number of halogens is 1. The third-order valence-corrected chi connectivity index (χ3v) is 6.20. The van der Waals surface area contributed by atoms with Crippen LogP contribution in [0.4, 0.5) is 10.5 Å². The third-order valence-electron chi connectivity index (χ3n) is 3.83. The van der Waals surface area contributed by atoms with Gasteiger partial charge in [0.05, 0.1) is 16.9 Å². The van der Waals surface area contributed by atoms with Gasteiger partial charge in [-0.05, 0) is 32.8 Å². The molecule has 2 rings (SSSR count). The van der Waals surface area contributed by atoms with E-state index in [-0.39, 0.29) is 10.8 Å². The zero-order valence-corrected chi connectivity index (χ0v) is 14.1. The fraction of sp³-hybridized carbons (Fsp3) is 0.571. The topological polar surface area (TPSA) is 62.3 Å². The molecule has 1 atom stereocenters. The number of urea groups is 1. The van der Waals surface area contributed by atoms with Gasteiger partial charge >= 0.3 is 6.03 Å².